The van der Waals surface area contributed by atoms with Crippen molar-refractivity contribution in [1.82, 2.24) is 21.3 Å². The van der Waals surface area contributed by atoms with Crippen LogP contribution in [0.2, 0.25) is 0 Å². The average molecular weight is 1090 g/mol. The number of nitrogens with one attached hydrogen (secondary N) is 5. The highest BCUT2D eigenvalue weighted by molar-refractivity contribution is 5.99. The number of aliphatic hydroxyl groups is 1. The number of nitrogens with two attached hydrogens (primary N) is 1. The summed E-state index contributed by atoms with van der Waals surface area (Å²) in [5.74, 6) is 4.31. The number of hydrogen-bond acceptors (Lipinski definition) is 15. The van der Waals surface area contributed by atoms with Crippen LogP contribution < -0.4 is 37.2 Å². The highest BCUT2D eigenvalue weighted by atomic mass is 16.6. The normalized spacial score (nSPS) is 12.4. The Kier molecular flexibility index (Phi) is 32.0. The highest BCUT2D eigenvalue weighted by Gasteiger charge is 2.29. The van der Waals surface area contributed by atoms with Gasteiger partial charge in [-0.2, -0.15) is 0 Å². The van der Waals surface area contributed by atoms with Gasteiger partial charge in [-0.05, 0) is 60.2 Å². The lowest BCUT2D eigenvalue weighted by molar-refractivity contribution is -0.132. The summed E-state index contributed by atoms with van der Waals surface area (Å²) in [7, 11) is 0. The van der Waals surface area contributed by atoms with Crippen molar-refractivity contribution < 1.29 is 71.8 Å². The maximum atomic E-state index is 13.4. The second kappa shape index (κ2) is 38.9. The van der Waals surface area contributed by atoms with E-state index in [0.29, 0.717) is 123 Å². The predicted octanol–water partition coefficient (Wildman–Crippen LogP) is 2.56. The fourth-order valence-corrected chi connectivity index (χ4v) is 7.47. The minimum absolute atomic E-state index is 0.00519. The number of primary amides is 1. The predicted molar refractivity (Wildman–Crippen MR) is 290 cm³/mol. The topological polar surface area (TPSA) is 286 Å². The molecular weight excluding hydrogens is 1010 g/mol. The molecule has 0 bridgehead atoms. The third-order valence-corrected chi connectivity index (χ3v) is 11.7. The van der Waals surface area contributed by atoms with Crippen molar-refractivity contribution in [3.8, 4) is 11.8 Å². The summed E-state index contributed by atoms with van der Waals surface area (Å²) < 4.78 is 44.2. The Morgan fingerprint density at radius 3 is 1.67 bits per heavy atom. The van der Waals surface area contributed by atoms with Crippen LogP contribution in [0.5, 0.6) is 0 Å². The summed E-state index contributed by atoms with van der Waals surface area (Å²) in [6.07, 6.45) is 0.668. The van der Waals surface area contributed by atoms with Gasteiger partial charge in [-0.3, -0.25) is 24.0 Å². The van der Waals surface area contributed by atoms with Crippen molar-refractivity contribution in [2.75, 3.05) is 129 Å². The largest absolute Gasteiger partial charge is 0.392 e. The molecule has 0 fully saturated rings. The molecule has 0 unspecified atom stereocenters. The molecule has 3 aromatic rings. The molecule has 4 rings (SSSR count). The molecule has 2 atom stereocenters. The molecule has 1 aliphatic heterocycles. The average Bonchev–Trinajstić information content (AvgIpc) is 3.46. The first kappa shape index (κ1) is 64.0. The summed E-state index contributed by atoms with van der Waals surface area (Å²) in [6, 6.07) is 19.3. The van der Waals surface area contributed by atoms with Crippen LogP contribution in [0, 0.1) is 17.8 Å². The van der Waals surface area contributed by atoms with Crippen molar-refractivity contribution in [2.45, 2.75) is 71.2 Å². The third kappa shape index (κ3) is 26.7. The smallest absolute Gasteiger partial charge is 0.312 e. The van der Waals surface area contributed by atoms with Crippen LogP contribution in [0.3, 0.4) is 0 Å². The number of benzene rings is 3. The first-order valence-corrected chi connectivity index (χ1v) is 26.5. The molecule has 428 valence electrons. The molecule has 0 aromatic heterocycles. The minimum Gasteiger partial charge on any atom is -0.392 e. The Balaban J connectivity index is 0.888. The molecule has 0 saturated heterocycles. The number of hydrogen-bond donors (Lipinski definition) is 7. The van der Waals surface area contributed by atoms with Crippen molar-refractivity contribution in [2.24, 2.45) is 11.7 Å². The number of para-hydroxylation sites is 1. The second-order valence-electron chi connectivity index (χ2n) is 18.0. The van der Waals surface area contributed by atoms with E-state index in [1.54, 1.807) is 43.0 Å². The van der Waals surface area contributed by atoms with E-state index in [4.69, 9.17) is 43.6 Å². The zero-order chi connectivity index (χ0) is 56.0. The molecule has 22 heteroatoms. The maximum Gasteiger partial charge on any atom is 0.312 e. The molecular formula is C56H79N7O15. The lowest BCUT2D eigenvalue weighted by Gasteiger charge is -2.26. The number of anilines is 2. The lowest BCUT2D eigenvalue weighted by Crippen LogP contribution is -2.54. The van der Waals surface area contributed by atoms with Crippen LogP contribution in [-0.4, -0.2) is 172 Å². The Morgan fingerprint density at radius 2 is 1.10 bits per heavy atom. The van der Waals surface area contributed by atoms with Gasteiger partial charge in [-0.15, -0.1) is 0 Å². The fraction of sp³-hybridized carbons (Fsp3) is 0.536. The molecule has 78 heavy (non-hydrogen) atoms. The molecule has 22 nitrogen and oxygen atoms in total. The van der Waals surface area contributed by atoms with Gasteiger partial charge in [0.15, 0.2) is 0 Å². The summed E-state index contributed by atoms with van der Waals surface area (Å²) in [5.41, 5.74) is 9.64. The summed E-state index contributed by atoms with van der Waals surface area (Å²) in [4.78, 5) is 78.0. The van der Waals surface area contributed by atoms with Crippen molar-refractivity contribution >= 4 is 46.9 Å². The van der Waals surface area contributed by atoms with Crippen LogP contribution in [0.25, 0.3) is 0 Å². The van der Waals surface area contributed by atoms with Gasteiger partial charge in [0.2, 0.25) is 29.5 Å². The summed E-state index contributed by atoms with van der Waals surface area (Å²) >= 11 is 0. The van der Waals surface area contributed by atoms with Gasteiger partial charge in [0, 0.05) is 49.2 Å². The number of amides is 7. The van der Waals surface area contributed by atoms with Gasteiger partial charge in [0.1, 0.15) is 12.1 Å². The molecule has 0 radical (unpaired) electrons. The third-order valence-electron chi connectivity index (χ3n) is 11.7. The van der Waals surface area contributed by atoms with E-state index in [2.05, 4.69) is 38.4 Å². The molecule has 0 spiro atoms. The van der Waals surface area contributed by atoms with Gasteiger partial charge in [-0.25, -0.2) is 4.79 Å². The Labute approximate surface area is 457 Å². The van der Waals surface area contributed by atoms with E-state index in [1.807, 2.05) is 48.5 Å². The molecule has 1 aliphatic rings. The highest BCUT2D eigenvalue weighted by Crippen LogP contribution is 2.26. The van der Waals surface area contributed by atoms with Gasteiger partial charge >= 0.3 is 6.03 Å². The number of rotatable bonds is 41. The number of nitrogens with zero attached hydrogens (tertiary/aromatic N) is 1. The Bertz CT molecular complexity index is 2330. The standard InChI is InChI=1S/C56H79N7O15/c1-42(2)53(55(69)61-48(11-7-22-59-56(57)70)54(68)60-47-17-13-43(41-64)14-18-47)62-51(66)21-24-71-26-28-73-30-32-75-34-36-77-38-39-78-37-35-76-33-31-74-29-27-72-25-23-58-50(65)19-20-52(67)63-40-46-10-4-3-8-44(46)15-16-45-9-5-6-12-49(45)63/h3-6,8-10,12-14,17-18,42,48,53,64H,7,11,19-41H2,1-2H3,(H,58,65)(H,60,68)(H,61,69)(H,62,66)(H3,57,59,70)/t48-,53-/m0/s1. The molecule has 0 aliphatic carbocycles. The summed E-state index contributed by atoms with van der Waals surface area (Å²) in [5, 5.41) is 22.8. The van der Waals surface area contributed by atoms with Crippen LogP contribution >= 0.6 is 0 Å². The van der Waals surface area contributed by atoms with Crippen molar-refractivity contribution in [3.63, 3.8) is 0 Å². The fourth-order valence-electron chi connectivity index (χ4n) is 7.47. The van der Waals surface area contributed by atoms with Crippen LogP contribution in [0.4, 0.5) is 16.2 Å². The van der Waals surface area contributed by atoms with Gasteiger partial charge in [-0.1, -0.05) is 68.2 Å². The number of urea groups is 1. The van der Waals surface area contributed by atoms with Crippen LogP contribution in [0.15, 0.2) is 72.8 Å². The van der Waals surface area contributed by atoms with Crippen molar-refractivity contribution in [3.05, 3.63) is 95.1 Å². The number of ether oxygens (including phenoxy) is 8. The van der Waals surface area contributed by atoms with Crippen LogP contribution in [-0.2, 0) is 75.0 Å². The van der Waals surface area contributed by atoms with Gasteiger partial charge in [0.25, 0.3) is 0 Å². The molecule has 1 heterocycles. The van der Waals surface area contributed by atoms with Crippen molar-refractivity contribution in [1.29, 1.82) is 0 Å². The molecule has 7 amide bonds. The molecule has 3 aromatic carbocycles. The zero-order valence-corrected chi connectivity index (χ0v) is 45.0. The quantitative estimate of drug-likeness (QED) is 0.0318. The monoisotopic (exact) mass is 1090 g/mol. The van der Waals surface area contributed by atoms with Gasteiger partial charge in [0.05, 0.1) is 125 Å². The Hall–Kier alpha value is -6.52. The van der Waals surface area contributed by atoms with E-state index in [9.17, 15) is 33.9 Å². The maximum absolute atomic E-state index is 13.4. The van der Waals surface area contributed by atoms with E-state index in [0.717, 1.165) is 22.4 Å². The SMILES string of the molecule is CC(C)[C@H](NC(=O)CCOCCOCCOCCOCCOCCOCCOCCOCCNC(=O)CCC(=O)N1Cc2ccccc2C#Cc2ccccc21)C(=O)N[C@@H](CCCNC(N)=O)C(=O)Nc1ccc(CO)cc1. The first-order valence-electron chi connectivity index (χ1n) is 26.5. The van der Waals surface area contributed by atoms with Crippen LogP contribution in [0.1, 0.15) is 68.2 Å². The molecule has 0 saturated carbocycles. The van der Waals surface area contributed by atoms with E-state index < -0.39 is 35.8 Å². The minimum atomic E-state index is -0.979. The van der Waals surface area contributed by atoms with E-state index in [1.165, 1.54) is 0 Å². The second-order valence-corrected chi connectivity index (χ2v) is 18.0. The Morgan fingerprint density at radius 1 is 0.577 bits per heavy atom. The lowest BCUT2D eigenvalue weighted by atomic mass is 10.0. The summed E-state index contributed by atoms with van der Waals surface area (Å²) in [6.45, 7) is 10.0. The number of aliphatic hydroxyl groups excluding tert-OH is 1. The molecule has 8 N–H and O–H groups in total. The first-order chi connectivity index (χ1) is 37.9. The van der Waals surface area contributed by atoms with Gasteiger partial charge < -0.3 is 80.2 Å². The zero-order valence-electron chi connectivity index (χ0n) is 45.0. The number of carbonyl (C=O) groups excluding carboxylic acids is 6. The van der Waals surface area contributed by atoms with E-state index >= 15 is 0 Å². The number of fused-ring (bicyclic) bond motifs is 2. The number of carbonyl (C=O) groups is 6. The van der Waals surface area contributed by atoms with E-state index in [-0.39, 0.29) is 69.8 Å².